The van der Waals surface area contributed by atoms with Gasteiger partial charge in [-0.3, -0.25) is 0 Å². The highest BCUT2D eigenvalue weighted by Gasteiger charge is 2.17. The SMILES string of the molecule is CN1CCN(CCC(O)c2ccc3c(c2)CCC3)CC1. The molecular weight excluding hydrogens is 248 g/mol. The lowest BCUT2D eigenvalue weighted by atomic mass is 10.0. The summed E-state index contributed by atoms with van der Waals surface area (Å²) >= 11 is 0. The van der Waals surface area contributed by atoms with E-state index in [1.54, 1.807) is 0 Å². The van der Waals surface area contributed by atoms with Crippen LogP contribution in [0.3, 0.4) is 0 Å². The standard InChI is InChI=1S/C17H26N2O/c1-18-9-11-19(12-10-18)8-7-17(20)16-6-5-14-3-2-4-15(14)13-16/h5-6,13,17,20H,2-4,7-12H2,1H3. The van der Waals surface area contributed by atoms with Gasteiger partial charge in [-0.05, 0) is 49.4 Å². The Morgan fingerprint density at radius 3 is 2.65 bits per heavy atom. The fraction of sp³-hybridized carbons (Fsp3) is 0.647. The quantitative estimate of drug-likeness (QED) is 0.907. The summed E-state index contributed by atoms with van der Waals surface area (Å²) < 4.78 is 0. The van der Waals surface area contributed by atoms with Crippen molar-refractivity contribution >= 4 is 0 Å². The predicted molar refractivity (Wildman–Crippen MR) is 82.0 cm³/mol. The molecule has 3 heteroatoms. The van der Waals surface area contributed by atoms with E-state index in [9.17, 15) is 5.11 Å². The molecule has 1 aliphatic carbocycles. The monoisotopic (exact) mass is 274 g/mol. The van der Waals surface area contributed by atoms with Gasteiger partial charge in [-0.15, -0.1) is 0 Å². The Labute approximate surface area is 122 Å². The molecule has 1 aromatic carbocycles. The molecule has 1 unspecified atom stereocenters. The Morgan fingerprint density at radius 2 is 1.85 bits per heavy atom. The maximum absolute atomic E-state index is 10.4. The second kappa shape index (κ2) is 6.25. The molecular formula is C17H26N2O. The number of aliphatic hydroxyl groups is 1. The maximum atomic E-state index is 10.4. The van der Waals surface area contributed by atoms with Crippen molar-refractivity contribution in [2.24, 2.45) is 0 Å². The van der Waals surface area contributed by atoms with Crippen LogP contribution in [-0.4, -0.2) is 54.7 Å². The number of nitrogens with zero attached hydrogens (tertiary/aromatic N) is 2. The smallest absolute Gasteiger partial charge is 0.0802 e. The topological polar surface area (TPSA) is 26.7 Å². The Hall–Kier alpha value is -0.900. The Morgan fingerprint density at radius 1 is 1.10 bits per heavy atom. The molecule has 1 aliphatic heterocycles. The largest absolute Gasteiger partial charge is 0.388 e. The zero-order chi connectivity index (χ0) is 13.9. The lowest BCUT2D eigenvalue weighted by molar-refractivity contribution is 0.113. The molecule has 0 saturated carbocycles. The summed E-state index contributed by atoms with van der Waals surface area (Å²) in [5, 5.41) is 10.4. The summed E-state index contributed by atoms with van der Waals surface area (Å²) in [5.41, 5.74) is 4.06. The van der Waals surface area contributed by atoms with Gasteiger partial charge < -0.3 is 14.9 Å². The van der Waals surface area contributed by atoms with Crippen molar-refractivity contribution in [2.45, 2.75) is 31.8 Å². The third-order valence-corrected chi connectivity index (χ3v) is 4.82. The van der Waals surface area contributed by atoms with Gasteiger partial charge in [-0.1, -0.05) is 18.2 Å². The number of fused-ring (bicyclic) bond motifs is 1. The number of hydrogen-bond donors (Lipinski definition) is 1. The predicted octanol–water partition coefficient (Wildman–Crippen LogP) is 1.85. The van der Waals surface area contributed by atoms with Crippen molar-refractivity contribution in [3.8, 4) is 0 Å². The minimum Gasteiger partial charge on any atom is -0.388 e. The van der Waals surface area contributed by atoms with E-state index >= 15 is 0 Å². The molecule has 0 amide bonds. The molecule has 20 heavy (non-hydrogen) atoms. The molecule has 0 radical (unpaired) electrons. The first kappa shape index (κ1) is 14.1. The highest BCUT2D eigenvalue weighted by molar-refractivity contribution is 5.36. The van der Waals surface area contributed by atoms with Crippen molar-refractivity contribution in [3.63, 3.8) is 0 Å². The van der Waals surface area contributed by atoms with Crippen molar-refractivity contribution in [1.82, 2.24) is 9.80 Å². The first-order chi connectivity index (χ1) is 9.72. The molecule has 0 aromatic heterocycles. The molecule has 0 spiro atoms. The molecule has 0 bridgehead atoms. The van der Waals surface area contributed by atoms with E-state index in [1.165, 1.54) is 30.4 Å². The summed E-state index contributed by atoms with van der Waals surface area (Å²) in [6, 6.07) is 6.58. The van der Waals surface area contributed by atoms with Gasteiger partial charge in [0.05, 0.1) is 6.10 Å². The van der Waals surface area contributed by atoms with Gasteiger partial charge in [0.2, 0.25) is 0 Å². The van der Waals surface area contributed by atoms with Crippen LogP contribution < -0.4 is 0 Å². The number of likely N-dealkylation sites (N-methyl/N-ethyl adjacent to an activating group) is 1. The highest BCUT2D eigenvalue weighted by Crippen LogP contribution is 2.26. The zero-order valence-electron chi connectivity index (χ0n) is 12.5. The lowest BCUT2D eigenvalue weighted by Gasteiger charge is -2.32. The van der Waals surface area contributed by atoms with Gasteiger partial charge in [0.15, 0.2) is 0 Å². The minimum absolute atomic E-state index is 0.305. The van der Waals surface area contributed by atoms with Crippen molar-refractivity contribution in [3.05, 3.63) is 34.9 Å². The number of piperazine rings is 1. The van der Waals surface area contributed by atoms with E-state index in [1.807, 2.05) is 0 Å². The van der Waals surface area contributed by atoms with Gasteiger partial charge in [0, 0.05) is 32.7 Å². The second-order valence-corrected chi connectivity index (χ2v) is 6.33. The first-order valence-electron chi connectivity index (χ1n) is 7.93. The third kappa shape index (κ3) is 3.22. The van der Waals surface area contributed by atoms with E-state index in [2.05, 4.69) is 35.0 Å². The molecule has 3 rings (SSSR count). The van der Waals surface area contributed by atoms with Gasteiger partial charge in [0.1, 0.15) is 0 Å². The Balaban J connectivity index is 1.52. The average Bonchev–Trinajstić information content (AvgIpc) is 2.93. The second-order valence-electron chi connectivity index (χ2n) is 6.33. The summed E-state index contributed by atoms with van der Waals surface area (Å²) in [7, 11) is 2.18. The van der Waals surface area contributed by atoms with Gasteiger partial charge in [-0.2, -0.15) is 0 Å². The molecule has 1 heterocycles. The van der Waals surface area contributed by atoms with Crippen molar-refractivity contribution < 1.29 is 5.11 Å². The summed E-state index contributed by atoms with van der Waals surface area (Å²) in [5.74, 6) is 0. The van der Waals surface area contributed by atoms with Crippen LogP contribution in [0.1, 0.15) is 35.6 Å². The fourth-order valence-corrected chi connectivity index (χ4v) is 3.34. The van der Waals surface area contributed by atoms with E-state index < -0.39 is 0 Å². The molecule has 1 aromatic rings. The number of rotatable bonds is 4. The molecule has 1 saturated heterocycles. The van der Waals surface area contributed by atoms with Crippen LogP contribution in [0.5, 0.6) is 0 Å². The van der Waals surface area contributed by atoms with Gasteiger partial charge in [-0.25, -0.2) is 0 Å². The molecule has 110 valence electrons. The molecule has 3 nitrogen and oxygen atoms in total. The van der Waals surface area contributed by atoms with Gasteiger partial charge >= 0.3 is 0 Å². The highest BCUT2D eigenvalue weighted by atomic mass is 16.3. The third-order valence-electron chi connectivity index (χ3n) is 4.82. The van der Waals surface area contributed by atoms with Crippen LogP contribution in [0.4, 0.5) is 0 Å². The summed E-state index contributed by atoms with van der Waals surface area (Å²) in [6.45, 7) is 5.57. The fourth-order valence-electron chi connectivity index (χ4n) is 3.34. The lowest BCUT2D eigenvalue weighted by Crippen LogP contribution is -2.44. The molecule has 1 atom stereocenters. The maximum Gasteiger partial charge on any atom is 0.0802 e. The normalized spacial score (nSPS) is 21.9. The van der Waals surface area contributed by atoms with Gasteiger partial charge in [0.25, 0.3) is 0 Å². The van der Waals surface area contributed by atoms with E-state index in [0.29, 0.717) is 0 Å². The van der Waals surface area contributed by atoms with Crippen LogP contribution in [0.2, 0.25) is 0 Å². The van der Waals surface area contributed by atoms with E-state index in [-0.39, 0.29) is 6.10 Å². The number of hydrogen-bond acceptors (Lipinski definition) is 3. The molecule has 1 fully saturated rings. The van der Waals surface area contributed by atoms with Crippen LogP contribution >= 0.6 is 0 Å². The van der Waals surface area contributed by atoms with Crippen LogP contribution in [0, 0.1) is 0 Å². The summed E-state index contributed by atoms with van der Waals surface area (Å²) in [4.78, 5) is 4.84. The van der Waals surface area contributed by atoms with Crippen LogP contribution in [-0.2, 0) is 12.8 Å². The first-order valence-corrected chi connectivity index (χ1v) is 7.93. The number of benzene rings is 1. The van der Waals surface area contributed by atoms with Crippen molar-refractivity contribution in [1.29, 1.82) is 0 Å². The van der Waals surface area contributed by atoms with Crippen molar-refractivity contribution in [2.75, 3.05) is 39.8 Å². The Bertz CT molecular complexity index is 452. The van der Waals surface area contributed by atoms with Crippen LogP contribution in [0.25, 0.3) is 0 Å². The Kier molecular flexibility index (Phi) is 4.39. The molecule has 2 aliphatic rings. The number of aliphatic hydroxyl groups excluding tert-OH is 1. The number of aryl methyl sites for hydroxylation is 2. The zero-order valence-corrected chi connectivity index (χ0v) is 12.5. The van der Waals surface area contributed by atoms with Crippen LogP contribution in [0.15, 0.2) is 18.2 Å². The minimum atomic E-state index is -0.305. The van der Waals surface area contributed by atoms with E-state index in [4.69, 9.17) is 0 Å². The molecule has 1 N–H and O–H groups in total. The summed E-state index contributed by atoms with van der Waals surface area (Å²) in [6.07, 6.45) is 4.22. The average molecular weight is 274 g/mol. The van der Waals surface area contributed by atoms with E-state index in [0.717, 1.165) is 44.7 Å².